The molecule has 0 aliphatic carbocycles. The summed E-state index contributed by atoms with van der Waals surface area (Å²) in [5.74, 6) is -0.277. The second kappa shape index (κ2) is 9.23. The van der Waals surface area contributed by atoms with Gasteiger partial charge in [0.25, 0.3) is 5.56 Å². The minimum atomic E-state index is -3.76. The van der Waals surface area contributed by atoms with E-state index in [4.69, 9.17) is 5.14 Å². The topological polar surface area (TPSA) is 143 Å². The van der Waals surface area contributed by atoms with Crippen molar-refractivity contribution in [2.45, 2.75) is 18.0 Å². The summed E-state index contributed by atoms with van der Waals surface area (Å²) in [5.41, 5.74) is 1.61. The van der Waals surface area contributed by atoms with Crippen molar-refractivity contribution in [3.8, 4) is 5.88 Å². The number of hydrogen-bond acceptors (Lipinski definition) is 6. The average molecular weight is 464 g/mol. The molecule has 0 saturated carbocycles. The third-order valence-corrected chi connectivity index (χ3v) is 5.93. The monoisotopic (exact) mass is 463 g/mol. The molecule has 2 aromatic heterocycles. The standard InChI is InChI=1S/C23H21N5O4S/c24-33(31,32)18-6-3-17(4-7-18)13-26-14-21-20-12-16(2-1-10-28-11-9-25-15-28)5-8-19(20)22(29)27-23(21)30/h1-9,11-12,14-15H,10,13H2,(H2,24,31,32)(H2,27,29,30)/b2-1+,26-14?. The Morgan fingerprint density at radius 1 is 1.15 bits per heavy atom. The molecule has 0 spiro atoms. The fourth-order valence-corrected chi connectivity index (χ4v) is 3.83. The van der Waals surface area contributed by atoms with Crippen LogP contribution in [0.25, 0.3) is 16.8 Å². The Balaban J connectivity index is 1.60. The molecule has 0 radical (unpaired) electrons. The second-order valence-electron chi connectivity index (χ2n) is 7.34. The number of hydrogen-bond donors (Lipinski definition) is 3. The van der Waals surface area contributed by atoms with Crippen LogP contribution in [0.2, 0.25) is 0 Å². The van der Waals surface area contributed by atoms with E-state index in [-0.39, 0.29) is 17.3 Å². The van der Waals surface area contributed by atoms with Crippen LogP contribution in [0, 0.1) is 0 Å². The molecule has 0 fully saturated rings. The zero-order chi connectivity index (χ0) is 23.4. The lowest BCUT2D eigenvalue weighted by molar-refractivity contribution is 0.452. The van der Waals surface area contributed by atoms with Gasteiger partial charge in [0.2, 0.25) is 15.9 Å². The van der Waals surface area contributed by atoms with Gasteiger partial charge in [-0.3, -0.25) is 14.8 Å². The zero-order valence-corrected chi connectivity index (χ0v) is 18.2. The molecule has 0 bridgehead atoms. The normalized spacial score (nSPS) is 12.3. The van der Waals surface area contributed by atoms with Crippen LogP contribution in [0.1, 0.15) is 16.7 Å². The molecule has 0 saturated heterocycles. The summed E-state index contributed by atoms with van der Waals surface area (Å²) < 4.78 is 24.7. The second-order valence-corrected chi connectivity index (χ2v) is 8.90. The van der Waals surface area contributed by atoms with Crippen molar-refractivity contribution in [1.29, 1.82) is 0 Å². The summed E-state index contributed by atoms with van der Waals surface area (Å²) in [7, 11) is -3.76. The van der Waals surface area contributed by atoms with Gasteiger partial charge >= 0.3 is 0 Å². The highest BCUT2D eigenvalue weighted by molar-refractivity contribution is 7.89. The van der Waals surface area contributed by atoms with E-state index in [1.165, 1.54) is 18.3 Å². The van der Waals surface area contributed by atoms with Crippen molar-refractivity contribution in [3.05, 3.63) is 94.3 Å². The van der Waals surface area contributed by atoms with Gasteiger partial charge in [0.1, 0.15) is 0 Å². The van der Waals surface area contributed by atoms with Gasteiger partial charge in [-0.15, -0.1) is 0 Å². The summed E-state index contributed by atoms with van der Waals surface area (Å²) in [6, 6.07) is 11.4. The van der Waals surface area contributed by atoms with E-state index in [0.29, 0.717) is 22.9 Å². The Bertz CT molecular complexity index is 1500. The summed E-state index contributed by atoms with van der Waals surface area (Å²) in [4.78, 5) is 23.1. The third kappa shape index (κ3) is 5.25. The largest absolute Gasteiger partial charge is 0.494 e. The predicted molar refractivity (Wildman–Crippen MR) is 127 cm³/mol. The Morgan fingerprint density at radius 3 is 2.64 bits per heavy atom. The number of benzene rings is 2. The van der Waals surface area contributed by atoms with Crippen LogP contribution in [-0.2, 0) is 23.1 Å². The number of H-pyrrole nitrogens is 1. The highest BCUT2D eigenvalue weighted by Gasteiger charge is 2.10. The first-order valence-corrected chi connectivity index (χ1v) is 11.5. The highest BCUT2D eigenvalue weighted by Crippen LogP contribution is 2.23. The Labute approximate surface area is 189 Å². The molecule has 10 heteroatoms. The number of nitrogens with two attached hydrogens (primary N) is 1. The van der Waals surface area contributed by atoms with E-state index in [0.717, 1.165) is 11.1 Å². The molecule has 0 aliphatic rings. The van der Waals surface area contributed by atoms with Crippen molar-refractivity contribution in [2.75, 3.05) is 0 Å². The quantitative estimate of drug-likeness (QED) is 0.361. The van der Waals surface area contributed by atoms with Crippen LogP contribution in [0.15, 0.2) is 81.9 Å². The summed E-state index contributed by atoms with van der Waals surface area (Å²) in [5, 5.41) is 16.5. The van der Waals surface area contributed by atoms with Crippen LogP contribution < -0.4 is 10.7 Å². The number of nitrogens with zero attached hydrogens (tertiary/aromatic N) is 3. The fourth-order valence-electron chi connectivity index (χ4n) is 3.32. The molecule has 33 heavy (non-hydrogen) atoms. The minimum absolute atomic E-state index is 0.0214. The number of pyridine rings is 1. The summed E-state index contributed by atoms with van der Waals surface area (Å²) in [6.45, 7) is 0.896. The molecule has 0 amide bonds. The molecule has 0 unspecified atom stereocenters. The van der Waals surface area contributed by atoms with Crippen LogP contribution in [0.5, 0.6) is 5.88 Å². The SMILES string of the molecule is NS(=O)(=O)c1ccc(CN=Cc2c(O)[nH]c(=O)c3ccc(/C=C/Cn4ccnc4)cc23)cc1. The van der Waals surface area contributed by atoms with E-state index < -0.39 is 15.6 Å². The number of sulfonamides is 1. The zero-order valence-electron chi connectivity index (χ0n) is 17.4. The Kier molecular flexibility index (Phi) is 6.20. The third-order valence-electron chi connectivity index (χ3n) is 5.00. The number of rotatable bonds is 7. The number of nitrogens with one attached hydrogen (secondary N) is 1. The van der Waals surface area contributed by atoms with Crippen LogP contribution >= 0.6 is 0 Å². The molecule has 4 N–H and O–H groups in total. The molecular weight excluding hydrogens is 442 g/mol. The van der Waals surface area contributed by atoms with E-state index in [9.17, 15) is 18.3 Å². The fraction of sp³-hybridized carbons (Fsp3) is 0.0870. The Hall–Kier alpha value is -4.02. The van der Waals surface area contributed by atoms with Crippen molar-refractivity contribution >= 4 is 33.1 Å². The van der Waals surface area contributed by atoms with Crippen molar-refractivity contribution < 1.29 is 13.5 Å². The lowest BCUT2D eigenvalue weighted by Crippen LogP contribution is -2.11. The van der Waals surface area contributed by atoms with Crippen LogP contribution in [0.3, 0.4) is 0 Å². The van der Waals surface area contributed by atoms with E-state index >= 15 is 0 Å². The number of fused-ring (bicyclic) bond motifs is 1. The predicted octanol–water partition coefficient (Wildman–Crippen LogP) is 2.41. The lowest BCUT2D eigenvalue weighted by Gasteiger charge is -2.06. The Morgan fingerprint density at radius 2 is 1.94 bits per heavy atom. The van der Waals surface area contributed by atoms with Gasteiger partial charge < -0.3 is 9.67 Å². The molecule has 0 atom stereocenters. The van der Waals surface area contributed by atoms with E-state index in [1.807, 2.05) is 35.0 Å². The average Bonchev–Trinajstić information content (AvgIpc) is 3.29. The molecule has 9 nitrogen and oxygen atoms in total. The number of imidazole rings is 1. The number of primary sulfonamides is 1. The maximum absolute atomic E-state index is 12.3. The molecule has 0 aliphatic heterocycles. The minimum Gasteiger partial charge on any atom is -0.494 e. The van der Waals surface area contributed by atoms with Gasteiger partial charge in [-0.25, -0.2) is 18.5 Å². The van der Waals surface area contributed by atoms with Gasteiger partial charge in [0.15, 0.2) is 0 Å². The van der Waals surface area contributed by atoms with E-state index in [2.05, 4.69) is 15.0 Å². The first kappa shape index (κ1) is 22.2. The maximum Gasteiger partial charge on any atom is 0.258 e. The number of aromatic hydroxyl groups is 1. The summed E-state index contributed by atoms with van der Waals surface area (Å²) in [6.07, 6.45) is 10.7. The van der Waals surface area contributed by atoms with Crippen molar-refractivity contribution in [2.24, 2.45) is 10.1 Å². The van der Waals surface area contributed by atoms with E-state index in [1.54, 1.807) is 30.7 Å². The number of allylic oxidation sites excluding steroid dienone is 1. The van der Waals surface area contributed by atoms with Gasteiger partial charge in [-0.05, 0) is 35.4 Å². The number of aliphatic imine (C=N–C) groups is 1. The van der Waals surface area contributed by atoms with Gasteiger partial charge in [0.05, 0.1) is 23.3 Å². The smallest absolute Gasteiger partial charge is 0.258 e. The molecular formula is C23H21N5O4S. The first-order valence-electron chi connectivity index (χ1n) is 9.94. The lowest BCUT2D eigenvalue weighted by atomic mass is 10.0. The molecule has 2 heterocycles. The van der Waals surface area contributed by atoms with Gasteiger partial charge in [-0.2, -0.15) is 0 Å². The molecule has 4 aromatic rings. The maximum atomic E-state index is 12.3. The van der Waals surface area contributed by atoms with Gasteiger partial charge in [-0.1, -0.05) is 30.4 Å². The highest BCUT2D eigenvalue weighted by atomic mass is 32.2. The first-order chi connectivity index (χ1) is 15.8. The molecule has 2 aromatic carbocycles. The number of aromatic amines is 1. The van der Waals surface area contributed by atoms with Crippen molar-refractivity contribution in [3.63, 3.8) is 0 Å². The molecule has 168 valence electrons. The van der Waals surface area contributed by atoms with Crippen molar-refractivity contribution in [1.82, 2.24) is 14.5 Å². The van der Waals surface area contributed by atoms with Crippen LogP contribution in [0.4, 0.5) is 0 Å². The summed E-state index contributed by atoms with van der Waals surface area (Å²) >= 11 is 0. The number of aromatic nitrogens is 3. The van der Waals surface area contributed by atoms with Crippen LogP contribution in [-0.4, -0.2) is 34.3 Å². The van der Waals surface area contributed by atoms with Gasteiger partial charge in [0, 0.05) is 35.9 Å². The molecule has 4 rings (SSSR count).